The minimum atomic E-state index is 0.765. The molecule has 0 saturated heterocycles. The topological polar surface area (TPSA) is 17.0 Å². The molecule has 5 heteroatoms. The van der Waals surface area contributed by atoms with Gasteiger partial charge in [0, 0.05) is 28.0 Å². The minimum absolute atomic E-state index is 0.765. The average molecular weight is 339 g/mol. The van der Waals surface area contributed by atoms with Crippen molar-refractivity contribution in [3.63, 3.8) is 0 Å². The van der Waals surface area contributed by atoms with Crippen LogP contribution in [-0.2, 0) is 13.1 Å². The summed E-state index contributed by atoms with van der Waals surface area (Å²) in [5, 5.41) is 5.41. The molecule has 0 atom stereocenters. The number of hydrogen-bond acceptors (Lipinski definition) is 2. The first-order valence-electron chi connectivity index (χ1n) is 6.89. The predicted molar refractivity (Wildman–Crippen MR) is 92.8 cm³/mol. The molecule has 0 spiro atoms. The van der Waals surface area contributed by atoms with Crippen LogP contribution in [0.4, 0.5) is 0 Å². The molecule has 3 aromatic rings. The number of benzene rings is 1. The van der Waals surface area contributed by atoms with Gasteiger partial charge in [-0.05, 0) is 36.4 Å². The van der Waals surface area contributed by atoms with Crippen LogP contribution in [0.25, 0.3) is 10.9 Å². The highest BCUT2D eigenvalue weighted by Gasteiger charge is 2.10. The number of nitrogens with one attached hydrogen (secondary N) is 1. The molecule has 0 radical (unpaired) electrons. The van der Waals surface area contributed by atoms with Gasteiger partial charge >= 0.3 is 0 Å². The second-order valence-corrected chi connectivity index (χ2v) is 7.17. The molecule has 1 N–H and O–H groups in total. The Bertz CT molecular complexity index is 761. The zero-order chi connectivity index (χ0) is 14.8. The second kappa shape index (κ2) is 6.41. The maximum Gasteiger partial charge on any atom is 0.0931 e. The molecule has 0 aliphatic heterocycles. The lowest BCUT2D eigenvalue weighted by atomic mass is 10.2. The molecule has 0 amide bonds. The normalized spacial score (nSPS) is 11.4. The summed E-state index contributed by atoms with van der Waals surface area (Å²) in [6, 6.07) is 10.1. The van der Waals surface area contributed by atoms with Crippen molar-refractivity contribution in [3.8, 4) is 0 Å². The fraction of sp³-hybridized carbons (Fsp3) is 0.250. The zero-order valence-electron chi connectivity index (χ0n) is 11.7. The van der Waals surface area contributed by atoms with Crippen molar-refractivity contribution >= 4 is 45.4 Å². The van der Waals surface area contributed by atoms with Gasteiger partial charge in [0.15, 0.2) is 0 Å². The SMILES string of the molecule is CCNCc1cn(Cc2ccc(Cl)s2)c2cc(Cl)ccc12. The number of halogens is 2. The number of fused-ring (bicyclic) bond motifs is 1. The molecule has 0 aliphatic rings. The lowest BCUT2D eigenvalue weighted by molar-refractivity contribution is 0.725. The van der Waals surface area contributed by atoms with Gasteiger partial charge in [-0.1, -0.05) is 36.2 Å². The van der Waals surface area contributed by atoms with E-state index >= 15 is 0 Å². The minimum Gasteiger partial charge on any atom is -0.342 e. The van der Waals surface area contributed by atoms with Crippen LogP contribution in [0.15, 0.2) is 36.5 Å². The standard InChI is InChI=1S/C16H16Cl2N2S/c1-2-19-8-11-9-20(10-13-4-6-16(18)21-13)15-7-12(17)3-5-14(11)15/h3-7,9,19H,2,8,10H2,1H3. The number of aromatic nitrogens is 1. The van der Waals surface area contributed by atoms with Gasteiger partial charge in [0.05, 0.1) is 16.4 Å². The molecule has 0 saturated carbocycles. The van der Waals surface area contributed by atoms with Gasteiger partial charge in [0.25, 0.3) is 0 Å². The highest BCUT2D eigenvalue weighted by Crippen LogP contribution is 2.28. The molecule has 2 heterocycles. The fourth-order valence-corrected chi connectivity index (χ4v) is 3.73. The molecule has 2 nitrogen and oxygen atoms in total. The van der Waals surface area contributed by atoms with E-state index in [0.29, 0.717) is 0 Å². The summed E-state index contributed by atoms with van der Waals surface area (Å²) in [7, 11) is 0. The Labute approximate surface area is 138 Å². The Kier molecular flexibility index (Phi) is 4.55. The molecule has 110 valence electrons. The van der Waals surface area contributed by atoms with Gasteiger partial charge in [-0.3, -0.25) is 0 Å². The van der Waals surface area contributed by atoms with Crippen LogP contribution >= 0.6 is 34.5 Å². The second-order valence-electron chi connectivity index (χ2n) is 4.93. The van der Waals surface area contributed by atoms with Crippen molar-refractivity contribution in [3.05, 3.63) is 56.3 Å². The van der Waals surface area contributed by atoms with Gasteiger partial charge in [-0.25, -0.2) is 0 Å². The third-order valence-corrected chi connectivity index (χ3v) is 4.90. The molecule has 21 heavy (non-hydrogen) atoms. The predicted octanol–water partition coefficient (Wildman–Crippen LogP) is 5.17. The third kappa shape index (κ3) is 3.27. The van der Waals surface area contributed by atoms with Crippen LogP contribution in [0.5, 0.6) is 0 Å². The summed E-state index contributed by atoms with van der Waals surface area (Å²) < 4.78 is 3.07. The van der Waals surface area contributed by atoms with Crippen LogP contribution in [0.1, 0.15) is 17.4 Å². The van der Waals surface area contributed by atoms with E-state index in [4.69, 9.17) is 23.2 Å². The summed E-state index contributed by atoms with van der Waals surface area (Å²) in [6.45, 7) is 4.76. The van der Waals surface area contributed by atoms with Crippen LogP contribution in [0, 0.1) is 0 Å². The third-order valence-electron chi connectivity index (χ3n) is 3.45. The molecular formula is C16H16Cl2N2S. The average Bonchev–Trinajstić information content (AvgIpc) is 3.01. The van der Waals surface area contributed by atoms with E-state index in [0.717, 1.165) is 29.0 Å². The summed E-state index contributed by atoms with van der Waals surface area (Å²) in [6.07, 6.45) is 2.21. The lowest BCUT2D eigenvalue weighted by Gasteiger charge is -2.03. The smallest absolute Gasteiger partial charge is 0.0931 e. The van der Waals surface area contributed by atoms with Crippen molar-refractivity contribution in [1.29, 1.82) is 0 Å². The molecule has 3 rings (SSSR count). The Balaban J connectivity index is 2.01. The first kappa shape index (κ1) is 14.9. The Morgan fingerprint density at radius 1 is 1.19 bits per heavy atom. The number of hydrogen-bond donors (Lipinski definition) is 1. The van der Waals surface area contributed by atoms with E-state index in [-0.39, 0.29) is 0 Å². The quantitative estimate of drug-likeness (QED) is 0.679. The van der Waals surface area contributed by atoms with Crippen LogP contribution in [0.3, 0.4) is 0 Å². The first-order valence-corrected chi connectivity index (χ1v) is 8.47. The number of thiophene rings is 1. The summed E-state index contributed by atoms with van der Waals surface area (Å²) in [4.78, 5) is 1.24. The van der Waals surface area contributed by atoms with Crippen LogP contribution in [-0.4, -0.2) is 11.1 Å². The van der Waals surface area contributed by atoms with Crippen molar-refractivity contribution in [1.82, 2.24) is 9.88 Å². The summed E-state index contributed by atoms with van der Waals surface area (Å²) in [5.74, 6) is 0. The molecule has 1 aromatic carbocycles. The Morgan fingerprint density at radius 2 is 2.05 bits per heavy atom. The van der Waals surface area contributed by atoms with Gasteiger partial charge in [-0.2, -0.15) is 0 Å². The molecule has 2 aromatic heterocycles. The fourth-order valence-electron chi connectivity index (χ4n) is 2.48. The lowest BCUT2D eigenvalue weighted by Crippen LogP contribution is -2.11. The van der Waals surface area contributed by atoms with E-state index < -0.39 is 0 Å². The maximum absolute atomic E-state index is 6.16. The molecule has 0 fully saturated rings. The number of rotatable bonds is 5. The molecule has 0 bridgehead atoms. The van der Waals surface area contributed by atoms with Crippen LogP contribution < -0.4 is 5.32 Å². The van der Waals surface area contributed by atoms with E-state index in [9.17, 15) is 0 Å². The maximum atomic E-state index is 6.16. The Hall–Kier alpha value is -1.00. The van der Waals surface area contributed by atoms with Gasteiger partial charge in [-0.15, -0.1) is 11.3 Å². The highest BCUT2D eigenvalue weighted by molar-refractivity contribution is 7.16. The van der Waals surface area contributed by atoms with E-state index in [1.54, 1.807) is 11.3 Å². The van der Waals surface area contributed by atoms with E-state index in [1.165, 1.54) is 21.3 Å². The van der Waals surface area contributed by atoms with Gasteiger partial charge < -0.3 is 9.88 Å². The molecular weight excluding hydrogens is 323 g/mol. The molecule has 0 unspecified atom stereocenters. The van der Waals surface area contributed by atoms with Crippen molar-refractivity contribution in [2.75, 3.05) is 6.54 Å². The first-order chi connectivity index (χ1) is 10.2. The van der Waals surface area contributed by atoms with Crippen molar-refractivity contribution < 1.29 is 0 Å². The largest absolute Gasteiger partial charge is 0.342 e. The van der Waals surface area contributed by atoms with Gasteiger partial charge in [0.1, 0.15) is 0 Å². The highest BCUT2D eigenvalue weighted by atomic mass is 35.5. The number of nitrogens with zero attached hydrogens (tertiary/aromatic N) is 1. The van der Waals surface area contributed by atoms with Crippen LogP contribution in [0.2, 0.25) is 9.36 Å². The molecule has 0 aliphatic carbocycles. The zero-order valence-corrected chi connectivity index (χ0v) is 14.0. The monoisotopic (exact) mass is 338 g/mol. The summed E-state index contributed by atoms with van der Waals surface area (Å²) >= 11 is 13.8. The van der Waals surface area contributed by atoms with Gasteiger partial charge in [0.2, 0.25) is 0 Å². The Morgan fingerprint density at radius 3 is 2.76 bits per heavy atom. The van der Waals surface area contributed by atoms with E-state index in [1.807, 2.05) is 18.2 Å². The van der Waals surface area contributed by atoms with Crippen molar-refractivity contribution in [2.24, 2.45) is 0 Å². The van der Waals surface area contributed by atoms with E-state index in [2.05, 4.69) is 35.1 Å². The summed E-state index contributed by atoms with van der Waals surface area (Å²) in [5.41, 5.74) is 2.46. The van der Waals surface area contributed by atoms with Crippen molar-refractivity contribution in [2.45, 2.75) is 20.0 Å².